The third kappa shape index (κ3) is 76.4. The van der Waals surface area contributed by atoms with Crippen molar-refractivity contribution in [3.05, 3.63) is 170 Å². The van der Waals surface area contributed by atoms with Crippen molar-refractivity contribution in [1.82, 2.24) is 0 Å². The number of carbonyl (C=O) groups excluding carboxylic acids is 2. The van der Waals surface area contributed by atoms with Crippen molar-refractivity contribution in [1.29, 1.82) is 0 Å². The Bertz CT molecular complexity index is 2200. The van der Waals surface area contributed by atoms with Gasteiger partial charge in [0.15, 0.2) is 6.10 Å². The minimum atomic E-state index is -4.66. The number of quaternary nitrogens is 1. The molecule has 0 aromatic heterocycles. The highest BCUT2D eigenvalue weighted by Crippen LogP contribution is 2.38. The zero-order valence-electron chi connectivity index (χ0n) is 60.8. The lowest BCUT2D eigenvalue weighted by atomic mass is 10.0. The van der Waals surface area contributed by atoms with Gasteiger partial charge in [-0.3, -0.25) is 14.2 Å². The van der Waals surface area contributed by atoms with Crippen molar-refractivity contribution >= 4 is 19.8 Å². The summed E-state index contributed by atoms with van der Waals surface area (Å²) >= 11 is 0. The van der Waals surface area contributed by atoms with Gasteiger partial charge in [-0.15, -0.1) is 0 Å². The summed E-state index contributed by atoms with van der Waals surface area (Å²) in [5.74, 6) is -0.840. The highest BCUT2D eigenvalue weighted by molar-refractivity contribution is 7.45. The lowest BCUT2D eigenvalue weighted by Gasteiger charge is -2.28. The first kappa shape index (κ1) is 89.4. The maximum absolute atomic E-state index is 12.9. The molecule has 0 saturated carbocycles. The van der Waals surface area contributed by atoms with Crippen LogP contribution in [0.3, 0.4) is 0 Å². The van der Waals surface area contributed by atoms with Crippen molar-refractivity contribution in [2.75, 3.05) is 47.5 Å². The predicted molar refractivity (Wildman–Crippen MR) is 406 cm³/mol. The van der Waals surface area contributed by atoms with Crippen LogP contribution in [-0.2, 0) is 32.7 Å². The monoisotopic (exact) mass is 1320 g/mol. The van der Waals surface area contributed by atoms with Gasteiger partial charge in [-0.05, 0) is 128 Å². The van der Waals surface area contributed by atoms with E-state index >= 15 is 0 Å². The number of esters is 2. The largest absolute Gasteiger partial charge is 0.756 e. The molecule has 0 aliphatic carbocycles. The number of allylic oxidation sites excluding steroid dienone is 28. The van der Waals surface area contributed by atoms with Gasteiger partial charge in [0, 0.05) is 12.8 Å². The number of nitrogens with zero attached hydrogens (tertiary/aromatic N) is 1. The standard InChI is InChI=1S/C84H140NO8P/c1-6-8-10-12-14-16-18-20-22-24-26-28-30-32-34-36-37-38-39-40-41-42-43-44-45-46-47-49-51-53-55-57-59-61-63-65-67-69-71-73-75-77-84(87)93-82(81-92-94(88,89)91-79-78-85(3,4)5)80-90-83(86)76-74-72-70-68-66-64-62-60-58-56-54-52-50-48-35-33-31-29-27-25-23-21-19-17-15-13-11-9-7-2/h8-11,14-17,20-23,26-29,32-35,37-38,40-41,43-44,50,52,82H,6-7,12-13,18-19,24-25,30-31,36,39,42,45-49,51,53-81H2,1-5H3/b10-8-,11-9-,16-14-,17-15-,22-20-,23-21-,28-26-,29-27-,34-32-,35-33-,38-37-,41-40-,44-43-,52-50-. The number of hydrogen-bond donors (Lipinski definition) is 0. The summed E-state index contributed by atoms with van der Waals surface area (Å²) in [5.41, 5.74) is 0. The minimum Gasteiger partial charge on any atom is -0.756 e. The molecule has 0 aromatic carbocycles. The second kappa shape index (κ2) is 72.6. The number of likely N-dealkylation sites (N-methyl/N-ethyl adjacent to an activating group) is 1. The molecule has 534 valence electrons. The SMILES string of the molecule is CC/C=C\C/C=C\C/C=C\C/C=C\C/C=C\C/C=C\C/C=C\C/C=C\CCCCCCCCCCCCCCCCCCC(=O)OC(COC(=O)CCCCCCCCCCCC/C=C\C/C=C\C/C=C\C/C=C\C/C=C\C/C=C\CC)COP(=O)([O-])OCC[N+](C)(C)C. The minimum absolute atomic E-state index is 0.0381. The van der Waals surface area contributed by atoms with Gasteiger partial charge in [0.2, 0.25) is 0 Å². The summed E-state index contributed by atoms with van der Waals surface area (Å²) in [6, 6.07) is 0. The number of hydrogen-bond acceptors (Lipinski definition) is 8. The molecule has 2 atom stereocenters. The number of rotatable bonds is 68. The Morgan fingerprint density at radius 1 is 0.330 bits per heavy atom. The van der Waals surface area contributed by atoms with Crippen molar-refractivity contribution in [3.8, 4) is 0 Å². The zero-order valence-corrected chi connectivity index (χ0v) is 61.7. The topological polar surface area (TPSA) is 111 Å². The molecule has 2 unspecified atom stereocenters. The second-order valence-corrected chi connectivity index (χ2v) is 27.3. The van der Waals surface area contributed by atoms with Crippen molar-refractivity contribution in [2.45, 2.75) is 302 Å². The number of ether oxygens (including phenoxy) is 2. The molecule has 0 saturated heterocycles. The molecular weight excluding hydrogens is 1180 g/mol. The van der Waals surface area contributed by atoms with Crippen LogP contribution in [0.4, 0.5) is 0 Å². The average Bonchev–Trinajstić information content (AvgIpc) is 1.57. The third-order valence-electron chi connectivity index (χ3n) is 15.7. The van der Waals surface area contributed by atoms with E-state index in [-0.39, 0.29) is 32.0 Å². The van der Waals surface area contributed by atoms with Crippen LogP contribution >= 0.6 is 7.82 Å². The van der Waals surface area contributed by atoms with Crippen LogP contribution in [0.1, 0.15) is 296 Å². The van der Waals surface area contributed by atoms with Crippen LogP contribution in [0.25, 0.3) is 0 Å². The van der Waals surface area contributed by atoms with E-state index in [1.165, 1.54) is 122 Å². The Kier molecular flexibility index (Phi) is 69.1. The number of unbranched alkanes of at least 4 members (excludes halogenated alkanes) is 26. The molecule has 0 fully saturated rings. The van der Waals surface area contributed by atoms with Crippen LogP contribution in [0.2, 0.25) is 0 Å². The molecule has 0 bridgehead atoms. The maximum Gasteiger partial charge on any atom is 0.306 e. The van der Waals surface area contributed by atoms with Gasteiger partial charge in [-0.1, -0.05) is 325 Å². The van der Waals surface area contributed by atoms with E-state index in [0.717, 1.165) is 141 Å². The molecular formula is C84H140NO8P. The van der Waals surface area contributed by atoms with Gasteiger partial charge in [0.25, 0.3) is 7.82 Å². The summed E-state index contributed by atoms with van der Waals surface area (Å²) in [7, 11) is 1.15. The normalized spacial score (nSPS) is 14.1. The summed E-state index contributed by atoms with van der Waals surface area (Å²) in [5, 5.41) is 0. The molecule has 0 amide bonds. The summed E-state index contributed by atoms with van der Waals surface area (Å²) in [4.78, 5) is 38.1. The van der Waals surface area contributed by atoms with E-state index in [2.05, 4.69) is 184 Å². The maximum atomic E-state index is 12.9. The predicted octanol–water partition coefficient (Wildman–Crippen LogP) is 24.6. The van der Waals surface area contributed by atoms with Crippen LogP contribution in [0.5, 0.6) is 0 Å². The van der Waals surface area contributed by atoms with Gasteiger partial charge in [0.1, 0.15) is 19.8 Å². The van der Waals surface area contributed by atoms with Crippen molar-refractivity contribution < 1.29 is 42.1 Å². The Labute approximate surface area is 578 Å². The molecule has 0 rings (SSSR count). The lowest BCUT2D eigenvalue weighted by molar-refractivity contribution is -0.870. The Balaban J connectivity index is 4.04. The number of phosphoric ester groups is 1. The van der Waals surface area contributed by atoms with Crippen LogP contribution in [0, 0.1) is 0 Å². The van der Waals surface area contributed by atoms with Gasteiger partial charge in [0.05, 0.1) is 27.7 Å². The summed E-state index contributed by atoms with van der Waals surface area (Å²) in [6.07, 6.45) is 110. The molecule has 0 aromatic rings. The van der Waals surface area contributed by atoms with E-state index in [4.69, 9.17) is 18.5 Å². The van der Waals surface area contributed by atoms with Gasteiger partial charge >= 0.3 is 11.9 Å². The van der Waals surface area contributed by atoms with Crippen LogP contribution < -0.4 is 4.89 Å². The number of phosphoric acid groups is 1. The summed E-state index contributed by atoms with van der Waals surface area (Å²) < 4.78 is 34.4. The Hall–Kier alpha value is -4.63. The molecule has 0 spiro atoms. The number of carbonyl (C=O) groups is 2. The molecule has 94 heavy (non-hydrogen) atoms. The molecule has 10 heteroatoms. The Morgan fingerprint density at radius 2 is 0.574 bits per heavy atom. The first-order chi connectivity index (χ1) is 46.0. The van der Waals surface area contributed by atoms with Gasteiger partial charge < -0.3 is 27.9 Å². The quantitative estimate of drug-likeness (QED) is 0.0195. The van der Waals surface area contributed by atoms with E-state index in [1.54, 1.807) is 0 Å². The van der Waals surface area contributed by atoms with E-state index in [1.807, 2.05) is 21.1 Å². The summed E-state index contributed by atoms with van der Waals surface area (Å²) in [6.45, 7) is 4.01. The third-order valence-corrected chi connectivity index (χ3v) is 16.7. The van der Waals surface area contributed by atoms with E-state index in [0.29, 0.717) is 17.4 Å². The molecule has 0 aliphatic heterocycles. The zero-order chi connectivity index (χ0) is 68.3. The van der Waals surface area contributed by atoms with Crippen LogP contribution in [0.15, 0.2) is 170 Å². The molecule has 0 heterocycles. The van der Waals surface area contributed by atoms with Crippen LogP contribution in [-0.4, -0.2) is 70.0 Å². The first-order valence-corrected chi connectivity index (χ1v) is 39.3. The van der Waals surface area contributed by atoms with Crippen molar-refractivity contribution in [3.63, 3.8) is 0 Å². The fourth-order valence-electron chi connectivity index (χ4n) is 10.0. The highest BCUT2D eigenvalue weighted by atomic mass is 31.2. The van der Waals surface area contributed by atoms with Crippen molar-refractivity contribution in [2.24, 2.45) is 0 Å². The first-order valence-electron chi connectivity index (χ1n) is 37.8. The van der Waals surface area contributed by atoms with E-state index in [9.17, 15) is 19.0 Å². The molecule has 9 nitrogen and oxygen atoms in total. The fraction of sp³-hybridized carbons (Fsp3) is 0.643. The average molecular weight is 1320 g/mol. The second-order valence-electron chi connectivity index (χ2n) is 25.9. The molecule has 0 radical (unpaired) electrons. The molecule has 0 N–H and O–H groups in total. The Morgan fingerprint density at radius 3 is 0.851 bits per heavy atom. The fourth-order valence-corrected chi connectivity index (χ4v) is 10.8. The van der Waals surface area contributed by atoms with E-state index < -0.39 is 26.5 Å². The van der Waals surface area contributed by atoms with Gasteiger partial charge in [-0.2, -0.15) is 0 Å². The lowest BCUT2D eigenvalue weighted by Crippen LogP contribution is -2.37. The van der Waals surface area contributed by atoms with Gasteiger partial charge in [-0.25, -0.2) is 0 Å². The molecule has 0 aliphatic rings. The smallest absolute Gasteiger partial charge is 0.306 e. The highest BCUT2D eigenvalue weighted by Gasteiger charge is 2.22.